The maximum absolute atomic E-state index is 6.04. The fraction of sp³-hybridized carbons (Fsp3) is 0.625. The molecule has 1 aromatic carbocycles. The van der Waals surface area contributed by atoms with E-state index in [1.54, 1.807) is 0 Å². The third kappa shape index (κ3) is 4.13. The third-order valence-corrected chi connectivity index (χ3v) is 3.91. The maximum atomic E-state index is 6.04. The predicted molar refractivity (Wildman–Crippen MR) is 83.6 cm³/mol. The Hall–Kier alpha value is -1.22. The molecule has 1 fully saturated rings. The lowest BCUT2D eigenvalue weighted by molar-refractivity contribution is 0.249. The second-order valence-electron chi connectivity index (χ2n) is 5.92. The molecule has 3 heteroatoms. The van der Waals surface area contributed by atoms with Gasteiger partial charge in [-0.1, -0.05) is 26.0 Å². The van der Waals surface area contributed by atoms with Crippen molar-refractivity contribution in [3.63, 3.8) is 0 Å². The number of hydrogen-bond donors (Lipinski definition) is 1. The van der Waals surface area contributed by atoms with Gasteiger partial charge in [0.15, 0.2) is 0 Å². The van der Waals surface area contributed by atoms with E-state index in [1.807, 2.05) is 12.1 Å². The van der Waals surface area contributed by atoms with Gasteiger partial charge in [-0.05, 0) is 37.4 Å². The smallest absolute Gasteiger partial charge is 0.0600 e. The van der Waals surface area contributed by atoms with Crippen LogP contribution in [0.15, 0.2) is 24.3 Å². The molecular formula is C16H27N3. The molecule has 1 aliphatic rings. The second-order valence-corrected chi connectivity index (χ2v) is 5.92. The van der Waals surface area contributed by atoms with E-state index in [2.05, 4.69) is 35.8 Å². The van der Waals surface area contributed by atoms with Crippen molar-refractivity contribution in [2.24, 2.45) is 5.92 Å². The highest BCUT2D eigenvalue weighted by Gasteiger charge is 2.17. The largest absolute Gasteiger partial charge is 0.397 e. The minimum absolute atomic E-state index is 0.824. The van der Waals surface area contributed by atoms with Gasteiger partial charge in [-0.15, -0.1) is 0 Å². The van der Waals surface area contributed by atoms with Crippen LogP contribution in [-0.4, -0.2) is 37.6 Å². The minimum Gasteiger partial charge on any atom is -0.397 e. The number of benzene rings is 1. The Balaban J connectivity index is 1.78. The van der Waals surface area contributed by atoms with Crippen molar-refractivity contribution in [3.05, 3.63) is 24.3 Å². The van der Waals surface area contributed by atoms with E-state index in [1.165, 1.54) is 25.1 Å². The van der Waals surface area contributed by atoms with Crippen molar-refractivity contribution in [3.8, 4) is 0 Å². The number of para-hydroxylation sites is 2. The summed E-state index contributed by atoms with van der Waals surface area (Å²) in [6.07, 6.45) is 2.66. The van der Waals surface area contributed by atoms with Crippen LogP contribution in [0.5, 0.6) is 0 Å². The van der Waals surface area contributed by atoms with Crippen LogP contribution in [0, 0.1) is 5.92 Å². The van der Waals surface area contributed by atoms with E-state index >= 15 is 0 Å². The van der Waals surface area contributed by atoms with E-state index in [0.29, 0.717) is 0 Å². The van der Waals surface area contributed by atoms with Crippen LogP contribution in [0.25, 0.3) is 0 Å². The molecule has 0 aromatic heterocycles. The zero-order valence-corrected chi connectivity index (χ0v) is 12.3. The fourth-order valence-corrected chi connectivity index (χ4v) is 2.71. The van der Waals surface area contributed by atoms with E-state index in [0.717, 1.165) is 37.8 Å². The zero-order valence-electron chi connectivity index (χ0n) is 12.3. The van der Waals surface area contributed by atoms with Gasteiger partial charge in [0.2, 0.25) is 0 Å². The van der Waals surface area contributed by atoms with E-state index in [-0.39, 0.29) is 0 Å². The van der Waals surface area contributed by atoms with Crippen LogP contribution in [-0.2, 0) is 0 Å². The van der Waals surface area contributed by atoms with Gasteiger partial charge in [0.25, 0.3) is 0 Å². The molecular weight excluding hydrogens is 234 g/mol. The maximum Gasteiger partial charge on any atom is 0.0600 e. The van der Waals surface area contributed by atoms with Crippen molar-refractivity contribution in [2.75, 3.05) is 43.4 Å². The first kappa shape index (κ1) is 14.2. The Morgan fingerprint density at radius 2 is 1.79 bits per heavy atom. The van der Waals surface area contributed by atoms with Crippen LogP contribution in [0.1, 0.15) is 26.7 Å². The summed E-state index contributed by atoms with van der Waals surface area (Å²) in [6.45, 7) is 10.4. The molecule has 0 atom stereocenters. The van der Waals surface area contributed by atoms with Gasteiger partial charge in [0, 0.05) is 26.2 Å². The average Bonchev–Trinajstić information content (AvgIpc) is 2.40. The predicted octanol–water partition coefficient (Wildman–Crippen LogP) is 2.83. The molecule has 106 valence electrons. The number of nitrogens with two attached hydrogens (primary N) is 1. The molecule has 19 heavy (non-hydrogen) atoms. The van der Waals surface area contributed by atoms with Crippen molar-refractivity contribution in [2.45, 2.75) is 26.7 Å². The Kier molecular flexibility index (Phi) is 5.08. The Morgan fingerprint density at radius 3 is 2.42 bits per heavy atom. The molecule has 0 amide bonds. The Morgan fingerprint density at radius 1 is 1.11 bits per heavy atom. The van der Waals surface area contributed by atoms with Crippen LogP contribution in [0.2, 0.25) is 0 Å². The molecule has 0 aliphatic carbocycles. The summed E-state index contributed by atoms with van der Waals surface area (Å²) in [6, 6.07) is 8.19. The SMILES string of the molecule is CC(C)CCCN1CCN(c2ccccc2N)CC1. The summed E-state index contributed by atoms with van der Waals surface area (Å²) in [5, 5.41) is 0. The highest BCUT2D eigenvalue weighted by Crippen LogP contribution is 2.23. The molecule has 0 bridgehead atoms. The highest BCUT2D eigenvalue weighted by molar-refractivity contribution is 5.67. The standard InChI is InChI=1S/C16H27N3/c1-14(2)6-5-9-18-10-12-19(13-11-18)16-8-4-3-7-15(16)17/h3-4,7-8,14H,5-6,9-13,17H2,1-2H3. The number of rotatable bonds is 5. The molecule has 0 spiro atoms. The van der Waals surface area contributed by atoms with E-state index < -0.39 is 0 Å². The monoisotopic (exact) mass is 261 g/mol. The molecule has 1 aromatic rings. The molecule has 1 heterocycles. The van der Waals surface area contributed by atoms with Crippen molar-refractivity contribution < 1.29 is 0 Å². The second kappa shape index (κ2) is 6.80. The molecule has 1 aliphatic heterocycles. The molecule has 0 unspecified atom stereocenters. The lowest BCUT2D eigenvalue weighted by atomic mass is 10.1. The lowest BCUT2D eigenvalue weighted by Gasteiger charge is -2.36. The molecule has 1 saturated heterocycles. The van der Waals surface area contributed by atoms with E-state index in [9.17, 15) is 0 Å². The normalized spacial score (nSPS) is 17.1. The van der Waals surface area contributed by atoms with Gasteiger partial charge in [0.1, 0.15) is 0 Å². The lowest BCUT2D eigenvalue weighted by Crippen LogP contribution is -2.46. The van der Waals surface area contributed by atoms with Gasteiger partial charge in [-0.2, -0.15) is 0 Å². The topological polar surface area (TPSA) is 32.5 Å². The number of piperazine rings is 1. The average molecular weight is 261 g/mol. The van der Waals surface area contributed by atoms with Crippen molar-refractivity contribution in [1.82, 2.24) is 4.90 Å². The molecule has 2 rings (SSSR count). The fourth-order valence-electron chi connectivity index (χ4n) is 2.71. The van der Waals surface area contributed by atoms with Gasteiger partial charge in [-0.25, -0.2) is 0 Å². The van der Waals surface area contributed by atoms with Crippen LogP contribution >= 0.6 is 0 Å². The van der Waals surface area contributed by atoms with Crippen LogP contribution in [0.3, 0.4) is 0 Å². The quantitative estimate of drug-likeness (QED) is 0.827. The number of nitrogens with zero attached hydrogens (tertiary/aromatic N) is 2. The van der Waals surface area contributed by atoms with Gasteiger partial charge in [0.05, 0.1) is 11.4 Å². The third-order valence-electron chi connectivity index (χ3n) is 3.91. The first-order valence-electron chi connectivity index (χ1n) is 7.48. The van der Waals surface area contributed by atoms with Crippen molar-refractivity contribution >= 4 is 11.4 Å². The Bertz CT molecular complexity index is 381. The number of anilines is 2. The Labute approximate surface area is 117 Å². The first-order valence-corrected chi connectivity index (χ1v) is 7.48. The van der Waals surface area contributed by atoms with E-state index in [4.69, 9.17) is 5.73 Å². The number of hydrogen-bond acceptors (Lipinski definition) is 3. The molecule has 2 N–H and O–H groups in total. The zero-order chi connectivity index (χ0) is 13.7. The summed E-state index contributed by atoms with van der Waals surface area (Å²) in [4.78, 5) is 4.99. The summed E-state index contributed by atoms with van der Waals surface area (Å²) < 4.78 is 0. The summed E-state index contributed by atoms with van der Waals surface area (Å²) in [5.41, 5.74) is 8.14. The van der Waals surface area contributed by atoms with Crippen molar-refractivity contribution in [1.29, 1.82) is 0 Å². The van der Waals surface area contributed by atoms with Crippen LogP contribution < -0.4 is 10.6 Å². The minimum atomic E-state index is 0.824. The highest BCUT2D eigenvalue weighted by atomic mass is 15.3. The summed E-state index contributed by atoms with van der Waals surface area (Å²) in [5.74, 6) is 0.824. The van der Waals surface area contributed by atoms with Crippen LogP contribution in [0.4, 0.5) is 11.4 Å². The molecule has 3 nitrogen and oxygen atoms in total. The van der Waals surface area contributed by atoms with Gasteiger partial charge >= 0.3 is 0 Å². The first-order chi connectivity index (χ1) is 9.16. The summed E-state index contributed by atoms with van der Waals surface area (Å²) >= 11 is 0. The van der Waals surface area contributed by atoms with Gasteiger partial charge < -0.3 is 10.6 Å². The van der Waals surface area contributed by atoms with Gasteiger partial charge in [-0.3, -0.25) is 4.90 Å². The number of nitrogen functional groups attached to an aromatic ring is 1. The molecule has 0 radical (unpaired) electrons. The molecule has 0 saturated carbocycles. The summed E-state index contributed by atoms with van der Waals surface area (Å²) in [7, 11) is 0.